The summed E-state index contributed by atoms with van der Waals surface area (Å²) in [4.78, 5) is 11.9. The second-order valence-corrected chi connectivity index (χ2v) is 4.60. The van der Waals surface area contributed by atoms with E-state index in [2.05, 4.69) is 5.32 Å². The van der Waals surface area contributed by atoms with Crippen LogP contribution in [-0.2, 0) is 0 Å². The summed E-state index contributed by atoms with van der Waals surface area (Å²) in [5.41, 5.74) is -0.0289. The maximum absolute atomic E-state index is 11.9. The summed E-state index contributed by atoms with van der Waals surface area (Å²) in [5.74, 6) is -1.37. The van der Waals surface area contributed by atoms with Crippen molar-refractivity contribution in [3.63, 3.8) is 0 Å². The van der Waals surface area contributed by atoms with E-state index in [1.54, 1.807) is 0 Å². The number of benzene rings is 1. The molecule has 0 aliphatic carbocycles. The fourth-order valence-corrected chi connectivity index (χ4v) is 1.87. The Labute approximate surface area is 117 Å². The smallest absolute Gasteiger partial charge is 0.255 e. The van der Waals surface area contributed by atoms with Gasteiger partial charge in [-0.3, -0.25) is 4.79 Å². The Bertz CT molecular complexity index is 436. The first-order valence-corrected chi connectivity index (χ1v) is 6.63. The van der Waals surface area contributed by atoms with Gasteiger partial charge < -0.3 is 25.7 Å². The lowest BCUT2D eigenvalue weighted by molar-refractivity contribution is 0.0908. The van der Waals surface area contributed by atoms with Crippen LogP contribution in [0.1, 0.15) is 36.0 Å². The van der Waals surface area contributed by atoms with Crippen molar-refractivity contribution >= 4 is 5.91 Å². The van der Waals surface area contributed by atoms with Crippen LogP contribution >= 0.6 is 0 Å². The molecule has 0 aromatic heterocycles. The highest BCUT2D eigenvalue weighted by atomic mass is 16.3. The van der Waals surface area contributed by atoms with Gasteiger partial charge in [0, 0.05) is 6.61 Å². The molecule has 1 atom stereocenters. The van der Waals surface area contributed by atoms with Gasteiger partial charge in [0.2, 0.25) is 0 Å². The first kappa shape index (κ1) is 16.3. The molecular formula is C14H21NO5. The van der Waals surface area contributed by atoms with Crippen molar-refractivity contribution in [1.29, 1.82) is 0 Å². The zero-order valence-electron chi connectivity index (χ0n) is 11.2. The summed E-state index contributed by atoms with van der Waals surface area (Å²) in [6, 6.07) is 3.72. The number of carbonyl (C=O) groups is 1. The van der Waals surface area contributed by atoms with Crippen molar-refractivity contribution in [2.24, 2.45) is 0 Å². The molecule has 112 valence electrons. The van der Waals surface area contributed by atoms with E-state index in [0.717, 1.165) is 12.8 Å². The van der Waals surface area contributed by atoms with Gasteiger partial charge in [-0.25, -0.2) is 0 Å². The highest BCUT2D eigenvalue weighted by Gasteiger charge is 2.17. The van der Waals surface area contributed by atoms with Crippen molar-refractivity contribution in [1.82, 2.24) is 5.32 Å². The summed E-state index contributed by atoms with van der Waals surface area (Å²) in [6.07, 6.45) is 2.87. The Kier molecular flexibility index (Phi) is 6.83. The van der Waals surface area contributed by atoms with Crippen LogP contribution in [-0.4, -0.2) is 45.6 Å². The van der Waals surface area contributed by atoms with Crippen LogP contribution in [0.3, 0.4) is 0 Å². The maximum Gasteiger partial charge on any atom is 0.255 e. The minimum atomic E-state index is -0.542. The van der Waals surface area contributed by atoms with E-state index in [-0.39, 0.29) is 24.5 Å². The Balaban J connectivity index is 2.56. The SMILES string of the molecule is O=C(N[C@@H](CO)CCCCCO)c1cccc(O)c1O. The van der Waals surface area contributed by atoms with E-state index >= 15 is 0 Å². The molecule has 0 heterocycles. The van der Waals surface area contributed by atoms with Gasteiger partial charge in [0.1, 0.15) is 0 Å². The Morgan fingerprint density at radius 2 is 1.90 bits per heavy atom. The molecule has 0 bridgehead atoms. The molecule has 6 heteroatoms. The molecule has 1 rings (SSSR count). The number of hydrogen-bond donors (Lipinski definition) is 5. The number of phenols is 2. The molecule has 1 aromatic carbocycles. The van der Waals surface area contributed by atoms with Crippen molar-refractivity contribution in [3.8, 4) is 11.5 Å². The predicted molar refractivity (Wildman–Crippen MR) is 73.7 cm³/mol. The molecule has 0 aliphatic heterocycles. The van der Waals surface area contributed by atoms with Gasteiger partial charge in [-0.2, -0.15) is 0 Å². The molecule has 5 N–H and O–H groups in total. The number of amides is 1. The third-order valence-corrected chi connectivity index (χ3v) is 3.03. The van der Waals surface area contributed by atoms with E-state index in [1.807, 2.05) is 0 Å². The number of nitrogens with one attached hydrogen (secondary N) is 1. The van der Waals surface area contributed by atoms with Gasteiger partial charge in [-0.1, -0.05) is 18.9 Å². The molecule has 0 unspecified atom stereocenters. The highest BCUT2D eigenvalue weighted by Crippen LogP contribution is 2.28. The number of carbonyl (C=O) groups excluding carboxylic acids is 1. The molecule has 0 aliphatic rings. The summed E-state index contributed by atoms with van der Waals surface area (Å²) in [5, 5.41) is 39.4. The topological polar surface area (TPSA) is 110 Å². The molecule has 0 fully saturated rings. The lowest BCUT2D eigenvalue weighted by atomic mass is 10.1. The number of aliphatic hydroxyl groups excluding tert-OH is 2. The van der Waals surface area contributed by atoms with Crippen molar-refractivity contribution in [2.45, 2.75) is 31.7 Å². The van der Waals surface area contributed by atoms with Crippen LogP contribution < -0.4 is 5.32 Å². The Hall–Kier alpha value is -1.79. The number of rotatable bonds is 8. The van der Waals surface area contributed by atoms with E-state index in [0.29, 0.717) is 12.8 Å². The third kappa shape index (κ3) is 4.71. The van der Waals surface area contributed by atoms with E-state index in [1.165, 1.54) is 18.2 Å². The number of aromatic hydroxyl groups is 2. The molecule has 20 heavy (non-hydrogen) atoms. The number of hydrogen-bond acceptors (Lipinski definition) is 5. The molecule has 0 saturated heterocycles. The van der Waals surface area contributed by atoms with Gasteiger partial charge in [-0.15, -0.1) is 0 Å². The van der Waals surface area contributed by atoms with Gasteiger partial charge in [0.05, 0.1) is 18.2 Å². The van der Waals surface area contributed by atoms with Gasteiger partial charge in [0.15, 0.2) is 11.5 Å². The standard InChI is InChI=1S/C14H21NO5/c16-8-3-1-2-5-10(9-17)15-14(20)11-6-4-7-12(18)13(11)19/h4,6-7,10,16-19H,1-3,5,8-9H2,(H,15,20)/t10-/m1/s1. The number of para-hydroxylation sites is 1. The molecule has 0 radical (unpaired) electrons. The van der Waals surface area contributed by atoms with Crippen molar-refractivity contribution in [3.05, 3.63) is 23.8 Å². The number of unbranched alkanes of at least 4 members (excludes halogenated alkanes) is 2. The molecule has 6 nitrogen and oxygen atoms in total. The largest absolute Gasteiger partial charge is 0.504 e. The zero-order valence-corrected chi connectivity index (χ0v) is 11.2. The number of phenolic OH excluding ortho intramolecular Hbond substituents is 2. The van der Waals surface area contributed by atoms with Crippen LogP contribution in [0.4, 0.5) is 0 Å². The van der Waals surface area contributed by atoms with E-state index in [9.17, 15) is 20.1 Å². The summed E-state index contributed by atoms with van der Waals surface area (Å²) >= 11 is 0. The average Bonchev–Trinajstić information content (AvgIpc) is 2.45. The first-order valence-electron chi connectivity index (χ1n) is 6.63. The highest BCUT2D eigenvalue weighted by molar-refractivity contribution is 5.97. The van der Waals surface area contributed by atoms with Gasteiger partial charge in [0.25, 0.3) is 5.91 Å². The van der Waals surface area contributed by atoms with E-state index in [4.69, 9.17) is 5.11 Å². The van der Waals surface area contributed by atoms with Crippen LogP contribution in [0.2, 0.25) is 0 Å². The van der Waals surface area contributed by atoms with Crippen LogP contribution in [0.25, 0.3) is 0 Å². The summed E-state index contributed by atoms with van der Waals surface area (Å²) in [6.45, 7) is -0.0717. The summed E-state index contributed by atoms with van der Waals surface area (Å²) < 4.78 is 0. The van der Waals surface area contributed by atoms with Crippen molar-refractivity contribution in [2.75, 3.05) is 13.2 Å². The zero-order chi connectivity index (χ0) is 15.0. The lowest BCUT2D eigenvalue weighted by Crippen LogP contribution is -2.37. The molecule has 1 amide bonds. The van der Waals surface area contributed by atoms with Crippen LogP contribution in [0.15, 0.2) is 18.2 Å². The maximum atomic E-state index is 11.9. The second kappa shape index (κ2) is 8.39. The predicted octanol–water partition coefficient (Wildman–Crippen LogP) is 0.741. The fraction of sp³-hybridized carbons (Fsp3) is 0.500. The van der Waals surface area contributed by atoms with Crippen LogP contribution in [0.5, 0.6) is 11.5 Å². The minimum absolute atomic E-state index is 0.0289. The molecule has 1 aromatic rings. The fourth-order valence-electron chi connectivity index (χ4n) is 1.87. The first-order chi connectivity index (χ1) is 9.60. The van der Waals surface area contributed by atoms with Gasteiger partial charge in [-0.05, 0) is 25.0 Å². The third-order valence-electron chi connectivity index (χ3n) is 3.03. The quantitative estimate of drug-likeness (QED) is 0.357. The molecule has 0 saturated carbocycles. The lowest BCUT2D eigenvalue weighted by Gasteiger charge is -2.16. The number of aliphatic hydroxyl groups is 2. The minimum Gasteiger partial charge on any atom is -0.504 e. The monoisotopic (exact) mass is 283 g/mol. The molecular weight excluding hydrogens is 262 g/mol. The second-order valence-electron chi connectivity index (χ2n) is 4.60. The Morgan fingerprint density at radius 3 is 2.55 bits per heavy atom. The van der Waals surface area contributed by atoms with E-state index < -0.39 is 17.7 Å². The normalized spacial score (nSPS) is 12.1. The van der Waals surface area contributed by atoms with Crippen molar-refractivity contribution < 1.29 is 25.2 Å². The Morgan fingerprint density at radius 1 is 1.15 bits per heavy atom. The average molecular weight is 283 g/mol. The molecule has 0 spiro atoms. The van der Waals surface area contributed by atoms with Gasteiger partial charge >= 0.3 is 0 Å². The summed E-state index contributed by atoms with van der Waals surface area (Å²) in [7, 11) is 0. The van der Waals surface area contributed by atoms with Crippen LogP contribution in [0, 0.1) is 0 Å².